The first kappa shape index (κ1) is 46.7. The molecule has 0 spiro atoms. The maximum Gasteiger partial charge on any atom is 0.252 e. The number of hydrogen-bond donors (Lipinski definition) is 2. The van der Waals surface area contributed by atoms with Gasteiger partial charge in [-0.25, -0.2) is 0 Å². The molecule has 0 saturated carbocycles. The fraction of sp³-hybridized carbons (Fsp3) is 0.435. The van der Waals surface area contributed by atoms with Crippen molar-refractivity contribution in [2.75, 3.05) is 68.7 Å². The molecule has 0 aliphatic carbocycles. The number of likely N-dealkylation sites (tertiary alicyclic amines) is 2. The maximum atomic E-state index is 12.7. The maximum absolute atomic E-state index is 12.7. The molecule has 2 saturated heterocycles. The zero-order chi connectivity index (χ0) is 42.6. The van der Waals surface area contributed by atoms with Crippen LogP contribution in [0.3, 0.4) is 0 Å². The fourth-order valence-corrected chi connectivity index (χ4v) is 7.01. The lowest BCUT2D eigenvalue weighted by Crippen LogP contribution is -2.44. The van der Waals surface area contributed by atoms with E-state index in [1.807, 2.05) is 60.7 Å². The van der Waals surface area contributed by atoms with Crippen molar-refractivity contribution in [3.8, 4) is 34.5 Å². The Labute approximate surface area is 354 Å². The molecule has 4 aromatic carbocycles. The van der Waals surface area contributed by atoms with Crippen molar-refractivity contribution in [3.63, 3.8) is 0 Å². The molecular formula is C46H61ClN4O8. The van der Waals surface area contributed by atoms with Crippen molar-refractivity contribution in [3.05, 3.63) is 107 Å². The Morgan fingerprint density at radius 3 is 1.41 bits per heavy atom. The molecule has 2 aliphatic rings. The number of methoxy groups -OCH3 is 4. The average molecular weight is 833 g/mol. The summed E-state index contributed by atoms with van der Waals surface area (Å²) in [6, 6.07) is 27.1. The third-order valence-electron chi connectivity index (χ3n) is 10.5. The van der Waals surface area contributed by atoms with Gasteiger partial charge in [-0.2, -0.15) is 0 Å². The van der Waals surface area contributed by atoms with Gasteiger partial charge in [-0.3, -0.25) is 9.59 Å². The SMILES string of the molecule is CN1CCCCC1CN.COc1cc(C(=O)Cl)cc(OC)c1OCc1ccccc1.COc1cc(C(=O)NCC2CCCCN2C)cc(OC)c1OCc1ccccc1. The lowest BCUT2D eigenvalue weighted by atomic mass is 10.0. The third kappa shape index (κ3) is 14.3. The van der Waals surface area contributed by atoms with Gasteiger partial charge >= 0.3 is 0 Å². The smallest absolute Gasteiger partial charge is 0.252 e. The van der Waals surface area contributed by atoms with E-state index in [4.69, 9.17) is 45.8 Å². The van der Waals surface area contributed by atoms with Crippen molar-refractivity contribution >= 4 is 22.8 Å². The first-order valence-corrected chi connectivity index (χ1v) is 20.4. The van der Waals surface area contributed by atoms with Crippen LogP contribution in [0, 0.1) is 0 Å². The van der Waals surface area contributed by atoms with Gasteiger partial charge in [0.25, 0.3) is 11.1 Å². The largest absolute Gasteiger partial charge is 0.493 e. The first-order chi connectivity index (χ1) is 28.6. The molecule has 1 amide bonds. The molecule has 2 fully saturated rings. The van der Waals surface area contributed by atoms with Gasteiger partial charge in [0.1, 0.15) is 13.2 Å². The second-order valence-electron chi connectivity index (χ2n) is 14.4. The summed E-state index contributed by atoms with van der Waals surface area (Å²) in [5.74, 6) is 2.52. The van der Waals surface area contributed by atoms with E-state index in [0.717, 1.165) is 30.6 Å². The van der Waals surface area contributed by atoms with Gasteiger partial charge in [-0.15, -0.1) is 0 Å². The average Bonchev–Trinajstić information content (AvgIpc) is 3.27. The van der Waals surface area contributed by atoms with Crippen molar-refractivity contribution in [2.24, 2.45) is 5.73 Å². The van der Waals surface area contributed by atoms with Crippen LogP contribution >= 0.6 is 11.6 Å². The number of nitrogens with two attached hydrogens (primary N) is 1. The molecule has 4 aromatic rings. The zero-order valence-corrected chi connectivity index (χ0v) is 36.1. The lowest BCUT2D eigenvalue weighted by Gasteiger charge is -2.32. The van der Waals surface area contributed by atoms with Gasteiger partial charge in [-0.1, -0.05) is 73.5 Å². The van der Waals surface area contributed by atoms with Gasteiger partial charge in [0.05, 0.1) is 28.4 Å². The van der Waals surface area contributed by atoms with E-state index in [-0.39, 0.29) is 11.5 Å². The molecule has 2 heterocycles. The van der Waals surface area contributed by atoms with E-state index in [9.17, 15) is 9.59 Å². The van der Waals surface area contributed by atoms with Crippen LogP contribution in [0.1, 0.15) is 70.4 Å². The summed E-state index contributed by atoms with van der Waals surface area (Å²) in [4.78, 5) is 28.7. The zero-order valence-electron chi connectivity index (χ0n) is 35.3. The number of amides is 1. The number of piperidine rings is 2. The monoisotopic (exact) mass is 832 g/mol. The van der Waals surface area contributed by atoms with Crippen LogP contribution in [0.5, 0.6) is 34.5 Å². The predicted molar refractivity (Wildman–Crippen MR) is 233 cm³/mol. The Kier molecular flexibility index (Phi) is 19.6. The highest BCUT2D eigenvalue weighted by molar-refractivity contribution is 6.67. The third-order valence-corrected chi connectivity index (χ3v) is 10.7. The second kappa shape index (κ2) is 24.8. The topological polar surface area (TPSA) is 134 Å². The Morgan fingerprint density at radius 2 is 1.05 bits per heavy atom. The van der Waals surface area contributed by atoms with Crippen LogP contribution in [0.4, 0.5) is 0 Å². The van der Waals surface area contributed by atoms with Gasteiger partial charge in [0.15, 0.2) is 23.0 Å². The Balaban J connectivity index is 0.000000222. The number of benzene rings is 4. The molecule has 6 rings (SSSR count). The minimum absolute atomic E-state index is 0.143. The summed E-state index contributed by atoms with van der Waals surface area (Å²) in [6.45, 7) is 4.52. The van der Waals surface area contributed by atoms with Gasteiger partial charge in [0, 0.05) is 36.3 Å². The first-order valence-electron chi connectivity index (χ1n) is 20.1. The number of hydrogen-bond acceptors (Lipinski definition) is 11. The van der Waals surface area contributed by atoms with Crippen LogP contribution in [0.15, 0.2) is 84.9 Å². The minimum atomic E-state index is -0.582. The van der Waals surface area contributed by atoms with Crippen molar-refractivity contribution in [1.82, 2.24) is 15.1 Å². The molecule has 320 valence electrons. The van der Waals surface area contributed by atoms with Crippen LogP contribution in [-0.4, -0.2) is 102 Å². The van der Waals surface area contributed by atoms with Crippen LogP contribution < -0.4 is 39.5 Å². The van der Waals surface area contributed by atoms with E-state index in [0.29, 0.717) is 71.9 Å². The number of nitrogens with zero attached hydrogens (tertiary/aromatic N) is 2. The highest BCUT2D eigenvalue weighted by atomic mass is 35.5. The lowest BCUT2D eigenvalue weighted by molar-refractivity contribution is 0.0927. The summed E-state index contributed by atoms with van der Waals surface area (Å²) in [5, 5.41) is 2.46. The fourth-order valence-electron chi connectivity index (χ4n) is 6.90. The number of carbonyl (C=O) groups is 2. The van der Waals surface area contributed by atoms with E-state index < -0.39 is 5.24 Å². The molecule has 2 aliphatic heterocycles. The number of rotatable bonds is 15. The number of nitrogens with one attached hydrogen (secondary N) is 1. The minimum Gasteiger partial charge on any atom is -0.493 e. The van der Waals surface area contributed by atoms with Crippen LogP contribution in [0.25, 0.3) is 0 Å². The van der Waals surface area contributed by atoms with Crippen molar-refractivity contribution < 1.29 is 38.0 Å². The Morgan fingerprint density at radius 1 is 0.644 bits per heavy atom. The molecule has 0 radical (unpaired) electrons. The summed E-state index contributed by atoms with van der Waals surface area (Å²) >= 11 is 5.50. The van der Waals surface area contributed by atoms with Crippen molar-refractivity contribution in [2.45, 2.75) is 63.8 Å². The van der Waals surface area contributed by atoms with Crippen LogP contribution in [-0.2, 0) is 13.2 Å². The summed E-state index contributed by atoms with van der Waals surface area (Å²) in [7, 11) is 10.4. The highest BCUT2D eigenvalue weighted by Crippen LogP contribution is 2.40. The Hall–Kier alpha value is -5.01. The van der Waals surface area contributed by atoms with E-state index in [1.54, 1.807) is 26.4 Å². The molecule has 0 aromatic heterocycles. The Bertz CT molecular complexity index is 1830. The molecule has 3 N–H and O–H groups in total. The summed E-state index contributed by atoms with van der Waals surface area (Å²) in [5.41, 5.74) is 8.38. The number of halogens is 1. The molecule has 2 atom stereocenters. The van der Waals surface area contributed by atoms with Crippen molar-refractivity contribution in [1.29, 1.82) is 0 Å². The van der Waals surface area contributed by atoms with Gasteiger partial charge in [-0.05, 0) is 99.9 Å². The molecule has 59 heavy (non-hydrogen) atoms. The van der Waals surface area contributed by atoms with Gasteiger partial charge in [0.2, 0.25) is 11.5 Å². The number of likely N-dealkylation sites (N-methyl/N-ethyl adjacent to an activating group) is 2. The molecule has 0 bridgehead atoms. The van der Waals surface area contributed by atoms with E-state index >= 15 is 0 Å². The summed E-state index contributed by atoms with van der Waals surface area (Å²) < 4.78 is 33.2. The predicted octanol–water partition coefficient (Wildman–Crippen LogP) is 7.59. The number of carbonyl (C=O) groups excluding carboxylic acids is 2. The molecule has 13 heteroatoms. The van der Waals surface area contributed by atoms with Crippen LogP contribution in [0.2, 0.25) is 0 Å². The second-order valence-corrected chi connectivity index (χ2v) is 14.8. The molecule has 12 nitrogen and oxygen atoms in total. The standard InChI is InChI=1S/C23H30N2O4.C16H15ClO4.C7H16N2/c1-25-12-8-7-11-19(25)15-24-23(26)18-13-20(27-2)22(21(14-18)28-3)29-16-17-9-5-4-6-10-17;1-19-13-8-12(16(17)18)9-14(20-2)15(13)21-10-11-6-4-3-5-7-11;1-9-5-3-2-4-7(9)6-8/h4-6,9-10,13-14,19H,7-8,11-12,15-16H2,1-3H3,(H,24,26);3-9H,10H2,1-2H3;7H,2-6,8H2,1H3. The van der Waals surface area contributed by atoms with Gasteiger partial charge < -0.3 is 49.3 Å². The van der Waals surface area contributed by atoms with E-state index in [2.05, 4.69) is 29.2 Å². The van der Waals surface area contributed by atoms with E-state index in [1.165, 1.54) is 65.0 Å². The normalized spacial score (nSPS) is 16.5. The number of ether oxygens (including phenoxy) is 6. The molecular weight excluding hydrogens is 772 g/mol. The summed E-state index contributed by atoms with van der Waals surface area (Å²) in [6.07, 6.45) is 7.56. The molecule has 2 unspecified atom stereocenters. The quantitative estimate of drug-likeness (QED) is 0.115. The highest BCUT2D eigenvalue weighted by Gasteiger charge is 2.22.